The second-order valence-electron chi connectivity index (χ2n) is 4.27. The van der Waals surface area contributed by atoms with Gasteiger partial charge in [0.25, 0.3) is 0 Å². The van der Waals surface area contributed by atoms with Crippen molar-refractivity contribution in [3.8, 4) is 11.8 Å². The molecule has 0 saturated carbocycles. The summed E-state index contributed by atoms with van der Waals surface area (Å²) in [6.07, 6.45) is 1.21. The van der Waals surface area contributed by atoms with Crippen LogP contribution in [0.2, 0.25) is 0 Å². The first kappa shape index (κ1) is 15.0. The van der Waals surface area contributed by atoms with E-state index < -0.39 is 5.97 Å². The summed E-state index contributed by atoms with van der Waals surface area (Å²) in [5.41, 5.74) is 1.83. The van der Waals surface area contributed by atoms with Crippen LogP contribution in [0.4, 0.5) is 0 Å². The average Bonchev–Trinajstić information content (AvgIpc) is 2.75. The van der Waals surface area contributed by atoms with Gasteiger partial charge < -0.3 is 9.72 Å². The number of aromatic amines is 1. The highest BCUT2D eigenvalue weighted by atomic mass is 16.5. The summed E-state index contributed by atoms with van der Waals surface area (Å²) in [6.45, 7) is 2.51. The first-order valence-corrected chi connectivity index (χ1v) is 5.97. The van der Waals surface area contributed by atoms with E-state index in [-0.39, 0.29) is 11.3 Å². The predicted molar refractivity (Wildman–Crippen MR) is 72.3 cm³/mol. The van der Waals surface area contributed by atoms with E-state index in [0.29, 0.717) is 24.9 Å². The number of H-pyrrole nitrogens is 1. The second kappa shape index (κ2) is 6.76. The molecular formula is C14H18N2O3. The Kier molecular flexibility index (Phi) is 5.34. The van der Waals surface area contributed by atoms with E-state index >= 15 is 0 Å². The van der Waals surface area contributed by atoms with E-state index in [1.54, 1.807) is 0 Å². The van der Waals surface area contributed by atoms with Crippen LogP contribution in [0.3, 0.4) is 0 Å². The number of carbonyl (C=O) groups is 2. The highest BCUT2D eigenvalue weighted by Crippen LogP contribution is 2.19. The number of hydrogen-bond acceptors (Lipinski definition) is 4. The Hall–Kier alpha value is -2.06. The predicted octanol–water partition coefficient (Wildman–Crippen LogP) is 1.09. The molecule has 0 fully saturated rings. The van der Waals surface area contributed by atoms with Crippen molar-refractivity contribution in [2.45, 2.75) is 13.3 Å². The van der Waals surface area contributed by atoms with Gasteiger partial charge in [0.2, 0.25) is 0 Å². The third kappa shape index (κ3) is 3.46. The summed E-state index contributed by atoms with van der Waals surface area (Å²) >= 11 is 0. The molecule has 0 aromatic carbocycles. The molecule has 102 valence electrons. The molecule has 0 aliphatic heterocycles. The van der Waals surface area contributed by atoms with Crippen molar-refractivity contribution in [1.82, 2.24) is 9.88 Å². The number of carbonyl (C=O) groups excluding carboxylic acids is 2. The van der Waals surface area contributed by atoms with Gasteiger partial charge in [-0.3, -0.25) is 9.69 Å². The van der Waals surface area contributed by atoms with E-state index in [4.69, 9.17) is 4.74 Å². The molecule has 1 aromatic rings. The zero-order valence-corrected chi connectivity index (χ0v) is 11.7. The van der Waals surface area contributed by atoms with Gasteiger partial charge in [0.1, 0.15) is 0 Å². The van der Waals surface area contributed by atoms with Gasteiger partial charge >= 0.3 is 5.97 Å². The standard InChI is InChI=1S/C14H18N2O3/c1-5-10-11(7-6-8-16(2)3)15-12(9-17)13(10)14(18)19-4/h9,15H,5,8H2,1-4H3. The van der Waals surface area contributed by atoms with Crippen molar-refractivity contribution in [2.75, 3.05) is 27.7 Å². The van der Waals surface area contributed by atoms with Crippen molar-refractivity contribution in [1.29, 1.82) is 0 Å². The monoisotopic (exact) mass is 262 g/mol. The zero-order chi connectivity index (χ0) is 14.4. The minimum atomic E-state index is -0.518. The Balaban J connectivity index is 3.25. The molecule has 5 heteroatoms. The maximum Gasteiger partial charge on any atom is 0.340 e. The first-order chi connectivity index (χ1) is 9.04. The first-order valence-electron chi connectivity index (χ1n) is 5.97. The number of hydrogen-bond donors (Lipinski definition) is 1. The number of ether oxygens (including phenoxy) is 1. The topological polar surface area (TPSA) is 62.4 Å². The lowest BCUT2D eigenvalue weighted by molar-refractivity contribution is 0.0597. The van der Waals surface area contributed by atoms with Gasteiger partial charge in [-0.1, -0.05) is 12.8 Å². The Morgan fingerprint density at radius 3 is 2.63 bits per heavy atom. The summed E-state index contributed by atoms with van der Waals surface area (Å²) < 4.78 is 4.70. The van der Waals surface area contributed by atoms with Gasteiger partial charge in [0.05, 0.1) is 30.6 Å². The van der Waals surface area contributed by atoms with Crippen molar-refractivity contribution >= 4 is 12.3 Å². The number of aldehydes is 1. The molecule has 0 atom stereocenters. The number of rotatable bonds is 4. The minimum Gasteiger partial charge on any atom is -0.465 e. The molecule has 0 aliphatic rings. The molecule has 0 aliphatic carbocycles. The van der Waals surface area contributed by atoms with Crippen LogP contribution < -0.4 is 0 Å². The molecule has 1 aromatic heterocycles. The lowest BCUT2D eigenvalue weighted by Crippen LogP contribution is -2.10. The average molecular weight is 262 g/mol. The smallest absolute Gasteiger partial charge is 0.340 e. The summed E-state index contributed by atoms with van der Waals surface area (Å²) in [7, 11) is 5.13. The molecule has 0 saturated heterocycles. The number of nitrogens with zero attached hydrogens (tertiary/aromatic N) is 1. The molecule has 0 spiro atoms. The summed E-state index contributed by atoms with van der Waals surface area (Å²) in [6, 6.07) is 0. The molecule has 1 rings (SSSR count). The van der Waals surface area contributed by atoms with Gasteiger partial charge in [-0.05, 0) is 26.4 Å². The highest BCUT2D eigenvalue weighted by molar-refractivity contribution is 5.99. The van der Waals surface area contributed by atoms with Gasteiger partial charge in [0.15, 0.2) is 6.29 Å². The van der Waals surface area contributed by atoms with Gasteiger partial charge in [-0.2, -0.15) is 0 Å². The van der Waals surface area contributed by atoms with E-state index in [1.165, 1.54) is 7.11 Å². The van der Waals surface area contributed by atoms with Crippen LogP contribution >= 0.6 is 0 Å². The lowest BCUT2D eigenvalue weighted by Gasteiger charge is -2.01. The van der Waals surface area contributed by atoms with Crippen LogP contribution in [0.5, 0.6) is 0 Å². The number of nitrogens with one attached hydrogen (secondary N) is 1. The molecule has 0 amide bonds. The van der Waals surface area contributed by atoms with Crippen molar-refractivity contribution in [3.05, 3.63) is 22.5 Å². The molecule has 0 bridgehead atoms. The largest absolute Gasteiger partial charge is 0.465 e. The third-order valence-corrected chi connectivity index (χ3v) is 2.60. The van der Waals surface area contributed by atoms with Crippen molar-refractivity contribution in [2.24, 2.45) is 0 Å². The van der Waals surface area contributed by atoms with Crippen LogP contribution in [0.25, 0.3) is 0 Å². The highest BCUT2D eigenvalue weighted by Gasteiger charge is 2.21. The Labute approximate surface area is 112 Å². The van der Waals surface area contributed by atoms with Crippen LogP contribution in [0, 0.1) is 11.8 Å². The Morgan fingerprint density at radius 1 is 1.47 bits per heavy atom. The van der Waals surface area contributed by atoms with Crippen LogP contribution in [-0.4, -0.2) is 49.9 Å². The molecule has 1 N–H and O–H groups in total. The Morgan fingerprint density at radius 2 is 2.16 bits per heavy atom. The van der Waals surface area contributed by atoms with Crippen LogP contribution in [0.1, 0.15) is 39.0 Å². The quantitative estimate of drug-likeness (QED) is 0.501. The number of methoxy groups -OCH3 is 1. The van der Waals surface area contributed by atoms with Gasteiger partial charge in [-0.15, -0.1) is 0 Å². The van der Waals surface area contributed by atoms with E-state index in [0.717, 1.165) is 5.56 Å². The minimum absolute atomic E-state index is 0.220. The van der Waals surface area contributed by atoms with Crippen molar-refractivity contribution in [3.63, 3.8) is 0 Å². The summed E-state index contributed by atoms with van der Waals surface area (Å²) in [5.74, 6) is 5.41. The summed E-state index contributed by atoms with van der Waals surface area (Å²) in [4.78, 5) is 27.5. The van der Waals surface area contributed by atoms with Crippen LogP contribution in [0.15, 0.2) is 0 Å². The number of esters is 1. The van der Waals surface area contributed by atoms with E-state index in [9.17, 15) is 9.59 Å². The van der Waals surface area contributed by atoms with Crippen molar-refractivity contribution < 1.29 is 14.3 Å². The maximum absolute atomic E-state index is 11.7. The number of aromatic nitrogens is 1. The summed E-state index contributed by atoms with van der Waals surface area (Å²) in [5, 5.41) is 0. The van der Waals surface area contributed by atoms with Crippen LogP contribution in [-0.2, 0) is 11.2 Å². The van der Waals surface area contributed by atoms with E-state index in [2.05, 4.69) is 16.8 Å². The molecule has 19 heavy (non-hydrogen) atoms. The van der Waals surface area contributed by atoms with Gasteiger partial charge in [0, 0.05) is 5.56 Å². The fourth-order valence-corrected chi connectivity index (χ4v) is 1.73. The van der Waals surface area contributed by atoms with E-state index in [1.807, 2.05) is 25.9 Å². The molecule has 1 heterocycles. The fourth-order valence-electron chi connectivity index (χ4n) is 1.73. The molecule has 0 radical (unpaired) electrons. The molecule has 5 nitrogen and oxygen atoms in total. The normalized spacial score (nSPS) is 9.95. The Bertz CT molecular complexity index is 533. The SMILES string of the molecule is CCc1c(C#CCN(C)C)[nH]c(C=O)c1C(=O)OC. The fraction of sp³-hybridized carbons (Fsp3) is 0.429. The third-order valence-electron chi connectivity index (χ3n) is 2.60. The zero-order valence-electron chi connectivity index (χ0n) is 11.7. The lowest BCUT2D eigenvalue weighted by atomic mass is 10.1. The van der Waals surface area contributed by atoms with Gasteiger partial charge in [-0.25, -0.2) is 4.79 Å². The maximum atomic E-state index is 11.7. The molecule has 0 unspecified atom stereocenters. The second-order valence-corrected chi connectivity index (χ2v) is 4.27. The molecular weight excluding hydrogens is 244 g/mol.